The van der Waals surface area contributed by atoms with Crippen LogP contribution in [0.3, 0.4) is 0 Å². The van der Waals surface area contributed by atoms with Crippen LogP contribution in [0.2, 0.25) is 0 Å². The third-order valence-electron chi connectivity index (χ3n) is 5.47. The second kappa shape index (κ2) is 10.3. The number of hydrazone groups is 1. The molecule has 9 heteroatoms. The topological polar surface area (TPSA) is 109 Å². The molecule has 33 heavy (non-hydrogen) atoms. The molecule has 0 bridgehead atoms. The van der Waals surface area contributed by atoms with Crippen molar-refractivity contribution in [3.8, 4) is 0 Å². The molecule has 1 aliphatic rings. The van der Waals surface area contributed by atoms with E-state index in [9.17, 15) is 9.59 Å². The van der Waals surface area contributed by atoms with E-state index in [0.717, 1.165) is 24.8 Å². The Hall–Kier alpha value is -3.62. The third-order valence-corrected chi connectivity index (χ3v) is 5.47. The highest BCUT2D eigenvalue weighted by atomic mass is 16.5. The Morgan fingerprint density at radius 1 is 1.36 bits per heavy atom. The number of hydrogen-bond donors (Lipinski definition) is 2. The number of nitrogens with zero attached hydrogens (tertiary/aromatic N) is 3. The molecule has 0 aliphatic heterocycles. The molecule has 2 amide bonds. The lowest BCUT2D eigenvalue weighted by atomic mass is 9.77. The zero-order chi connectivity index (χ0) is 24.0. The van der Waals surface area contributed by atoms with E-state index in [1.165, 1.54) is 7.11 Å². The molecular weight excluding hydrogens is 422 g/mol. The molecule has 2 aromatic rings. The van der Waals surface area contributed by atoms with Gasteiger partial charge >= 0.3 is 0 Å². The number of carbonyl (C=O) groups excluding carboxylic acids is 2. The predicted molar refractivity (Wildman–Crippen MR) is 129 cm³/mol. The number of benzene rings is 1. The lowest BCUT2D eigenvalue weighted by Crippen LogP contribution is -2.21. The van der Waals surface area contributed by atoms with Crippen LogP contribution in [-0.4, -0.2) is 44.2 Å². The molecule has 3 rings (SSSR count). The number of allylic oxidation sites excluding steroid dienone is 2. The number of ether oxygens (including phenoxy) is 1. The lowest BCUT2D eigenvalue weighted by molar-refractivity contribution is -0.115. The summed E-state index contributed by atoms with van der Waals surface area (Å²) in [5, 5.41) is 7.04. The van der Waals surface area contributed by atoms with E-state index in [1.54, 1.807) is 29.2 Å². The van der Waals surface area contributed by atoms with E-state index in [2.05, 4.69) is 40.8 Å². The smallest absolute Gasteiger partial charge is 0.297 e. The third kappa shape index (κ3) is 6.21. The van der Waals surface area contributed by atoms with E-state index in [0.29, 0.717) is 40.7 Å². The summed E-state index contributed by atoms with van der Waals surface area (Å²) in [4.78, 5) is 29.6. The van der Waals surface area contributed by atoms with Crippen molar-refractivity contribution >= 4 is 40.8 Å². The van der Waals surface area contributed by atoms with Crippen LogP contribution in [0.4, 0.5) is 11.7 Å². The summed E-state index contributed by atoms with van der Waals surface area (Å²) in [5.41, 5.74) is 6.03. The summed E-state index contributed by atoms with van der Waals surface area (Å²) in [6.07, 6.45) is 7.08. The molecule has 0 atom stereocenters. The van der Waals surface area contributed by atoms with Crippen molar-refractivity contribution in [2.75, 3.05) is 31.4 Å². The van der Waals surface area contributed by atoms with Crippen LogP contribution in [0, 0.1) is 5.41 Å². The molecule has 1 aromatic carbocycles. The van der Waals surface area contributed by atoms with Crippen LogP contribution in [-0.2, 0) is 14.3 Å². The Balaban J connectivity index is 1.73. The number of hydrogen-bond acceptors (Lipinski definition) is 7. The zero-order valence-corrected chi connectivity index (χ0v) is 19.8. The molecule has 2 N–H and O–H groups in total. The maximum atomic E-state index is 12.6. The van der Waals surface area contributed by atoms with Crippen molar-refractivity contribution in [3.05, 3.63) is 41.7 Å². The monoisotopic (exact) mass is 453 g/mol. The summed E-state index contributed by atoms with van der Waals surface area (Å²) >= 11 is 0. The zero-order valence-electron chi connectivity index (χ0n) is 19.8. The fourth-order valence-corrected chi connectivity index (χ4v) is 3.53. The average Bonchev–Trinajstić information content (AvgIpc) is 3.20. The summed E-state index contributed by atoms with van der Waals surface area (Å²) in [7, 11) is 5.22. The van der Waals surface area contributed by atoms with Crippen LogP contribution in [0.25, 0.3) is 11.1 Å². The normalized spacial score (nSPS) is 16.2. The number of rotatable bonds is 9. The molecule has 0 fully saturated rings. The maximum Gasteiger partial charge on any atom is 0.297 e. The summed E-state index contributed by atoms with van der Waals surface area (Å²) in [5.74, 6) is 0.217. The lowest BCUT2D eigenvalue weighted by Gasteiger charge is -2.29. The minimum atomic E-state index is -0.221. The van der Waals surface area contributed by atoms with Crippen molar-refractivity contribution < 1.29 is 18.7 Å². The molecule has 176 valence electrons. The number of amides is 2. The van der Waals surface area contributed by atoms with Crippen LogP contribution < -0.4 is 15.6 Å². The molecule has 9 nitrogen and oxygen atoms in total. The first-order valence-corrected chi connectivity index (χ1v) is 10.8. The van der Waals surface area contributed by atoms with E-state index >= 15 is 0 Å². The van der Waals surface area contributed by atoms with Crippen LogP contribution in [0.15, 0.2) is 51.2 Å². The number of carbonyl (C=O) groups is 2. The largest absolute Gasteiger partial charge is 0.495 e. The Morgan fingerprint density at radius 3 is 2.79 bits per heavy atom. The minimum Gasteiger partial charge on any atom is -0.495 e. The molecule has 0 spiro atoms. The second-order valence-corrected chi connectivity index (χ2v) is 8.90. The first-order valence-electron chi connectivity index (χ1n) is 10.8. The number of methoxy groups -OCH3 is 1. The van der Waals surface area contributed by atoms with Gasteiger partial charge in [0.15, 0.2) is 5.58 Å². The van der Waals surface area contributed by atoms with Gasteiger partial charge in [0, 0.05) is 26.2 Å². The van der Waals surface area contributed by atoms with Gasteiger partial charge < -0.3 is 19.4 Å². The average molecular weight is 454 g/mol. The first kappa shape index (κ1) is 24.0. The molecule has 1 aromatic heterocycles. The fourth-order valence-electron chi connectivity index (χ4n) is 3.53. The van der Waals surface area contributed by atoms with E-state index in [4.69, 9.17) is 9.15 Å². The van der Waals surface area contributed by atoms with Crippen LogP contribution >= 0.6 is 0 Å². The van der Waals surface area contributed by atoms with Crippen molar-refractivity contribution in [2.45, 2.75) is 39.5 Å². The van der Waals surface area contributed by atoms with Crippen molar-refractivity contribution in [1.82, 2.24) is 10.4 Å². The van der Waals surface area contributed by atoms with E-state index in [1.807, 2.05) is 14.1 Å². The van der Waals surface area contributed by atoms with Gasteiger partial charge in [-0.15, -0.1) is 0 Å². The van der Waals surface area contributed by atoms with Gasteiger partial charge in [-0.25, -0.2) is 5.43 Å². The predicted octanol–water partition coefficient (Wildman–Crippen LogP) is 3.99. The van der Waals surface area contributed by atoms with Gasteiger partial charge in [0.2, 0.25) is 12.3 Å². The Morgan fingerprint density at radius 2 is 2.15 bits per heavy atom. The van der Waals surface area contributed by atoms with Crippen molar-refractivity contribution in [2.24, 2.45) is 10.5 Å². The molecule has 0 saturated heterocycles. The highest BCUT2D eigenvalue weighted by Gasteiger charge is 2.25. The Kier molecular flexibility index (Phi) is 7.52. The standard InChI is InChI=1S/C24H31N5O4/c1-24(2)12-10-16(11-13-24)22(28-25-15-30)20(32-5)8-9-21(31)26-17-6-7-19-18(14-17)27-23(33-19)29(3)4/h6-8,10,14-15H,9,11-13H2,1-5H3,(H,25,30)(H,26,31)/b20-8+,28-22-. The quantitative estimate of drug-likeness (QED) is 0.257. The minimum absolute atomic E-state index is 0.0713. The molecule has 0 unspecified atom stereocenters. The molecule has 1 heterocycles. The summed E-state index contributed by atoms with van der Waals surface area (Å²) in [6, 6.07) is 5.80. The van der Waals surface area contributed by atoms with Gasteiger partial charge in [0.05, 0.1) is 7.11 Å². The van der Waals surface area contributed by atoms with Gasteiger partial charge in [-0.3, -0.25) is 9.59 Å². The summed E-state index contributed by atoms with van der Waals surface area (Å²) in [6.45, 7) is 4.44. The van der Waals surface area contributed by atoms with Gasteiger partial charge in [-0.2, -0.15) is 10.1 Å². The number of fused-ring (bicyclic) bond motifs is 1. The second-order valence-electron chi connectivity index (χ2n) is 8.90. The fraction of sp³-hybridized carbons (Fsp3) is 0.417. The van der Waals surface area contributed by atoms with Gasteiger partial charge in [0.1, 0.15) is 17.0 Å². The molecule has 1 aliphatic carbocycles. The Bertz CT molecular complexity index is 1110. The van der Waals surface area contributed by atoms with Gasteiger partial charge in [-0.05, 0) is 54.5 Å². The van der Waals surface area contributed by atoms with Gasteiger partial charge in [0.25, 0.3) is 6.01 Å². The number of aromatic nitrogens is 1. The highest BCUT2D eigenvalue weighted by molar-refractivity contribution is 6.11. The van der Waals surface area contributed by atoms with Crippen LogP contribution in [0.5, 0.6) is 0 Å². The van der Waals surface area contributed by atoms with Crippen molar-refractivity contribution in [1.29, 1.82) is 0 Å². The van der Waals surface area contributed by atoms with E-state index < -0.39 is 0 Å². The summed E-state index contributed by atoms with van der Waals surface area (Å²) < 4.78 is 11.2. The van der Waals surface area contributed by atoms with Crippen LogP contribution in [0.1, 0.15) is 39.5 Å². The van der Waals surface area contributed by atoms with Gasteiger partial charge in [-0.1, -0.05) is 19.9 Å². The number of anilines is 2. The number of nitrogens with one attached hydrogen (secondary N) is 2. The molecular formula is C24H31N5O4. The molecule has 0 radical (unpaired) electrons. The Labute approximate surface area is 193 Å². The maximum absolute atomic E-state index is 12.6. The highest BCUT2D eigenvalue weighted by Crippen LogP contribution is 2.35. The number of oxazole rings is 1. The molecule has 0 saturated carbocycles. The first-order chi connectivity index (χ1) is 15.7. The SMILES string of the molecule is COC(=C/CC(=O)Nc1ccc2oc(N(C)C)nc2c1)/C(=N\NC=O)C1=CCC(C)(C)CC1. The van der Waals surface area contributed by atoms with Crippen molar-refractivity contribution in [3.63, 3.8) is 0 Å². The van der Waals surface area contributed by atoms with E-state index in [-0.39, 0.29) is 17.7 Å².